The van der Waals surface area contributed by atoms with Crippen LogP contribution in [0, 0.1) is 11.8 Å². The van der Waals surface area contributed by atoms with E-state index in [-0.39, 0.29) is 0 Å². The molecule has 0 heterocycles. The van der Waals surface area contributed by atoms with Gasteiger partial charge in [-0.15, -0.1) is 0 Å². The molecular weight excluding hydrogens is 162 g/mol. The van der Waals surface area contributed by atoms with E-state index in [2.05, 4.69) is 18.7 Å². The van der Waals surface area contributed by atoms with Gasteiger partial charge in [-0.25, -0.2) is 0 Å². The van der Waals surface area contributed by atoms with Gasteiger partial charge in [0, 0.05) is 13.2 Å². The lowest BCUT2D eigenvalue weighted by Gasteiger charge is -2.25. The second-order valence-electron chi connectivity index (χ2n) is 4.12. The number of aliphatic hydroxyl groups is 1. The third-order valence-corrected chi connectivity index (χ3v) is 3.44. The lowest BCUT2D eigenvalue weighted by molar-refractivity contribution is 0.158. The fraction of sp³-hybridized carbons (Fsp3) is 1.00. The zero-order chi connectivity index (χ0) is 9.68. The summed E-state index contributed by atoms with van der Waals surface area (Å²) in [6.07, 6.45) is 3.88. The average Bonchev–Trinajstić information content (AvgIpc) is 2.61. The Hall–Kier alpha value is -0.0800. The average molecular weight is 185 g/mol. The standard InChI is InChI=1S/C11H23NO/c1-3-12(4-2)8-10-6-5-7-11(10)9-13/h10-11,13H,3-9H2,1-2H3. The molecule has 78 valence electrons. The van der Waals surface area contributed by atoms with E-state index in [1.807, 2.05) is 0 Å². The minimum atomic E-state index is 0.395. The topological polar surface area (TPSA) is 23.5 Å². The molecule has 0 aromatic carbocycles. The van der Waals surface area contributed by atoms with Crippen molar-refractivity contribution in [2.75, 3.05) is 26.2 Å². The number of hydrogen-bond donors (Lipinski definition) is 1. The van der Waals surface area contributed by atoms with Gasteiger partial charge in [0.2, 0.25) is 0 Å². The zero-order valence-corrected chi connectivity index (χ0v) is 9.00. The van der Waals surface area contributed by atoms with Gasteiger partial charge < -0.3 is 10.0 Å². The lowest BCUT2D eigenvalue weighted by Crippen LogP contribution is -2.31. The smallest absolute Gasteiger partial charge is 0.0462 e. The molecule has 0 radical (unpaired) electrons. The van der Waals surface area contributed by atoms with Crippen LogP contribution in [0.2, 0.25) is 0 Å². The van der Waals surface area contributed by atoms with Crippen molar-refractivity contribution in [3.63, 3.8) is 0 Å². The molecule has 2 nitrogen and oxygen atoms in total. The third-order valence-electron chi connectivity index (χ3n) is 3.44. The Balaban J connectivity index is 2.33. The molecule has 0 spiro atoms. The van der Waals surface area contributed by atoms with Crippen molar-refractivity contribution >= 4 is 0 Å². The Morgan fingerprint density at radius 3 is 2.31 bits per heavy atom. The largest absolute Gasteiger partial charge is 0.396 e. The van der Waals surface area contributed by atoms with Gasteiger partial charge in [-0.2, -0.15) is 0 Å². The minimum absolute atomic E-state index is 0.395. The fourth-order valence-electron chi connectivity index (χ4n) is 2.41. The Labute approximate surface area is 81.9 Å². The first-order valence-corrected chi connectivity index (χ1v) is 5.65. The summed E-state index contributed by atoms with van der Waals surface area (Å²) in [7, 11) is 0. The van der Waals surface area contributed by atoms with Crippen LogP contribution in [-0.4, -0.2) is 36.2 Å². The molecule has 0 aliphatic heterocycles. The molecule has 0 amide bonds. The highest BCUT2D eigenvalue weighted by Crippen LogP contribution is 2.31. The molecule has 0 saturated heterocycles. The third kappa shape index (κ3) is 2.96. The number of hydrogen-bond acceptors (Lipinski definition) is 2. The van der Waals surface area contributed by atoms with Crippen molar-refractivity contribution < 1.29 is 5.11 Å². The van der Waals surface area contributed by atoms with Crippen molar-refractivity contribution in [2.24, 2.45) is 11.8 Å². The lowest BCUT2D eigenvalue weighted by atomic mass is 9.96. The van der Waals surface area contributed by atoms with E-state index >= 15 is 0 Å². The summed E-state index contributed by atoms with van der Waals surface area (Å²) in [6, 6.07) is 0. The number of aliphatic hydroxyl groups excluding tert-OH is 1. The molecule has 1 N–H and O–H groups in total. The first kappa shape index (κ1) is 11.0. The van der Waals surface area contributed by atoms with Crippen LogP contribution in [0.25, 0.3) is 0 Å². The predicted molar refractivity (Wildman–Crippen MR) is 55.7 cm³/mol. The summed E-state index contributed by atoms with van der Waals surface area (Å²) in [6.45, 7) is 8.30. The van der Waals surface area contributed by atoms with Crippen LogP contribution < -0.4 is 0 Å². The van der Waals surface area contributed by atoms with Gasteiger partial charge in [0.1, 0.15) is 0 Å². The van der Waals surface area contributed by atoms with Gasteiger partial charge >= 0.3 is 0 Å². The second-order valence-corrected chi connectivity index (χ2v) is 4.12. The van der Waals surface area contributed by atoms with Gasteiger partial charge in [0.25, 0.3) is 0 Å². The van der Waals surface area contributed by atoms with Gasteiger partial charge in [-0.3, -0.25) is 0 Å². The van der Waals surface area contributed by atoms with Crippen molar-refractivity contribution in [3.8, 4) is 0 Å². The van der Waals surface area contributed by atoms with Crippen LogP contribution in [0.15, 0.2) is 0 Å². The molecule has 0 aromatic heterocycles. The van der Waals surface area contributed by atoms with E-state index in [0.29, 0.717) is 12.5 Å². The summed E-state index contributed by atoms with van der Waals surface area (Å²) in [4.78, 5) is 2.47. The van der Waals surface area contributed by atoms with E-state index in [1.165, 1.54) is 25.8 Å². The first-order chi connectivity index (χ1) is 6.31. The van der Waals surface area contributed by atoms with Gasteiger partial charge in [-0.1, -0.05) is 20.3 Å². The SMILES string of the molecule is CCN(CC)CC1CCCC1CO. The highest BCUT2D eigenvalue weighted by Gasteiger charge is 2.27. The Kier molecular flexibility index (Phi) is 4.74. The summed E-state index contributed by atoms with van der Waals surface area (Å²) in [5.74, 6) is 1.34. The van der Waals surface area contributed by atoms with Crippen LogP contribution >= 0.6 is 0 Å². The van der Waals surface area contributed by atoms with Crippen molar-refractivity contribution in [1.29, 1.82) is 0 Å². The highest BCUT2D eigenvalue weighted by atomic mass is 16.3. The maximum Gasteiger partial charge on any atom is 0.0462 e. The molecule has 1 fully saturated rings. The van der Waals surface area contributed by atoms with Crippen LogP contribution in [-0.2, 0) is 0 Å². The van der Waals surface area contributed by atoms with Crippen LogP contribution in [0.1, 0.15) is 33.1 Å². The maximum absolute atomic E-state index is 9.18. The molecule has 0 bridgehead atoms. The molecule has 1 saturated carbocycles. The van der Waals surface area contributed by atoms with Crippen LogP contribution in [0.5, 0.6) is 0 Å². The summed E-state index contributed by atoms with van der Waals surface area (Å²) < 4.78 is 0. The van der Waals surface area contributed by atoms with Crippen molar-refractivity contribution in [2.45, 2.75) is 33.1 Å². The van der Waals surface area contributed by atoms with Crippen LogP contribution in [0.3, 0.4) is 0 Å². The van der Waals surface area contributed by atoms with Crippen molar-refractivity contribution in [1.82, 2.24) is 4.90 Å². The van der Waals surface area contributed by atoms with Gasteiger partial charge in [0.05, 0.1) is 0 Å². The van der Waals surface area contributed by atoms with E-state index in [9.17, 15) is 5.11 Å². The quantitative estimate of drug-likeness (QED) is 0.705. The monoisotopic (exact) mass is 185 g/mol. The number of nitrogens with zero attached hydrogens (tertiary/aromatic N) is 1. The van der Waals surface area contributed by atoms with Gasteiger partial charge in [0.15, 0.2) is 0 Å². The molecule has 2 unspecified atom stereocenters. The fourth-order valence-corrected chi connectivity index (χ4v) is 2.41. The maximum atomic E-state index is 9.18. The Morgan fingerprint density at radius 2 is 1.77 bits per heavy atom. The number of rotatable bonds is 5. The van der Waals surface area contributed by atoms with Crippen molar-refractivity contribution in [3.05, 3.63) is 0 Å². The second kappa shape index (κ2) is 5.61. The first-order valence-electron chi connectivity index (χ1n) is 5.65. The van der Waals surface area contributed by atoms with E-state index < -0.39 is 0 Å². The van der Waals surface area contributed by atoms with Gasteiger partial charge in [-0.05, 0) is 37.8 Å². The molecule has 1 aliphatic rings. The van der Waals surface area contributed by atoms with E-state index in [4.69, 9.17) is 0 Å². The summed E-state index contributed by atoms with van der Waals surface area (Å²) in [5, 5.41) is 9.18. The molecule has 13 heavy (non-hydrogen) atoms. The highest BCUT2D eigenvalue weighted by molar-refractivity contribution is 4.79. The Morgan fingerprint density at radius 1 is 1.15 bits per heavy atom. The molecule has 2 heteroatoms. The minimum Gasteiger partial charge on any atom is -0.396 e. The predicted octanol–water partition coefficient (Wildman–Crippen LogP) is 1.74. The summed E-state index contributed by atoms with van der Waals surface area (Å²) in [5.41, 5.74) is 0. The molecule has 1 aliphatic carbocycles. The zero-order valence-electron chi connectivity index (χ0n) is 9.00. The van der Waals surface area contributed by atoms with E-state index in [0.717, 1.165) is 19.0 Å². The Bertz CT molecular complexity index is 134. The normalized spacial score (nSPS) is 28.6. The van der Waals surface area contributed by atoms with E-state index in [1.54, 1.807) is 0 Å². The molecule has 1 rings (SSSR count). The molecular formula is C11H23NO. The molecule has 0 aromatic rings. The summed E-state index contributed by atoms with van der Waals surface area (Å²) >= 11 is 0. The molecule has 2 atom stereocenters. The van der Waals surface area contributed by atoms with Crippen LogP contribution in [0.4, 0.5) is 0 Å².